The molecule has 0 atom stereocenters. The molecule has 1 N–H and O–H groups in total. The topological polar surface area (TPSA) is 65.5 Å². The number of hydrogen-bond donors (Lipinski definition) is 1. The molecule has 0 spiro atoms. The van der Waals surface area contributed by atoms with E-state index in [-0.39, 0.29) is 6.04 Å². The molecule has 2 aliphatic rings. The minimum atomic E-state index is -3.08. The van der Waals surface area contributed by atoms with Crippen LogP contribution < -0.4 is 9.62 Å². The van der Waals surface area contributed by atoms with E-state index >= 15 is 0 Å². The van der Waals surface area contributed by atoms with Crippen LogP contribution >= 0.6 is 11.3 Å². The minimum Gasteiger partial charge on any atom is -0.354 e. The first kappa shape index (κ1) is 20.1. The summed E-state index contributed by atoms with van der Waals surface area (Å²) in [5.74, 6) is 1.87. The molecule has 0 unspecified atom stereocenters. The van der Waals surface area contributed by atoms with Crippen molar-refractivity contribution >= 4 is 37.3 Å². The summed E-state index contributed by atoms with van der Waals surface area (Å²) in [6, 6.07) is 4.42. The lowest BCUT2D eigenvalue weighted by molar-refractivity contribution is 0.214. The van der Waals surface area contributed by atoms with Crippen molar-refractivity contribution in [3.05, 3.63) is 23.7 Å². The van der Waals surface area contributed by atoms with E-state index in [1.807, 2.05) is 6.20 Å². The van der Waals surface area contributed by atoms with E-state index in [2.05, 4.69) is 37.0 Å². The van der Waals surface area contributed by atoms with Crippen LogP contribution in [0.4, 0.5) is 5.82 Å². The average Bonchev–Trinajstić information content (AvgIpc) is 3.16. The van der Waals surface area contributed by atoms with Crippen LogP contribution in [0.5, 0.6) is 0 Å². The van der Waals surface area contributed by atoms with Crippen LogP contribution in [0.1, 0.15) is 32.1 Å². The first-order chi connectivity index (χ1) is 13.5. The molecule has 2 aromatic heterocycles. The van der Waals surface area contributed by atoms with Crippen molar-refractivity contribution in [2.45, 2.75) is 38.1 Å². The quantitative estimate of drug-likeness (QED) is 0.775. The third-order valence-corrected chi connectivity index (χ3v) is 7.76. The number of rotatable bonds is 6. The standard InChI is InChI=1S/C20H30N4O2S2/c1-28(25,26)22-17-4-2-16(3-5-17)7-10-23-11-13-24(14-12-23)20-18-8-15-27-19(18)6-9-21-20/h6,8-9,15-17,22H,2-5,7,10-14H2,1H3/t16-,17-. The zero-order chi connectivity index (χ0) is 19.6. The zero-order valence-corrected chi connectivity index (χ0v) is 18.1. The van der Waals surface area contributed by atoms with Crippen molar-refractivity contribution in [1.82, 2.24) is 14.6 Å². The second-order valence-electron chi connectivity index (χ2n) is 8.19. The maximum Gasteiger partial charge on any atom is 0.208 e. The molecule has 3 heterocycles. The van der Waals surface area contributed by atoms with E-state index in [0.29, 0.717) is 0 Å². The highest BCUT2D eigenvalue weighted by molar-refractivity contribution is 7.88. The Bertz CT molecular complexity index is 882. The maximum atomic E-state index is 11.4. The summed E-state index contributed by atoms with van der Waals surface area (Å²) in [6.07, 6.45) is 8.63. The van der Waals surface area contributed by atoms with Gasteiger partial charge in [0.15, 0.2) is 0 Å². The zero-order valence-electron chi connectivity index (χ0n) is 16.5. The number of sulfonamides is 1. The average molecular weight is 423 g/mol. The summed E-state index contributed by atoms with van der Waals surface area (Å²) in [6.45, 7) is 5.40. The van der Waals surface area contributed by atoms with Gasteiger partial charge in [0.1, 0.15) is 5.82 Å². The molecule has 28 heavy (non-hydrogen) atoms. The maximum absolute atomic E-state index is 11.4. The predicted octanol–water partition coefficient (Wildman–Crippen LogP) is 2.92. The van der Waals surface area contributed by atoms with Crippen LogP contribution in [0.15, 0.2) is 23.7 Å². The number of pyridine rings is 1. The number of hydrogen-bond acceptors (Lipinski definition) is 6. The molecule has 4 rings (SSSR count). The van der Waals surface area contributed by atoms with Crippen LogP contribution in [-0.2, 0) is 10.0 Å². The van der Waals surface area contributed by atoms with Crippen molar-refractivity contribution in [2.24, 2.45) is 5.92 Å². The Morgan fingerprint density at radius 1 is 1.14 bits per heavy atom. The fourth-order valence-corrected chi connectivity index (χ4v) is 6.17. The second kappa shape index (κ2) is 8.65. The molecular formula is C20H30N4O2S2. The molecule has 2 fully saturated rings. The van der Waals surface area contributed by atoms with Crippen molar-refractivity contribution < 1.29 is 8.42 Å². The molecule has 1 aliphatic carbocycles. The number of fused-ring (bicyclic) bond motifs is 1. The molecule has 2 aromatic rings. The van der Waals surface area contributed by atoms with E-state index in [4.69, 9.17) is 0 Å². The molecular weight excluding hydrogens is 392 g/mol. The van der Waals surface area contributed by atoms with Gasteiger partial charge in [0.2, 0.25) is 10.0 Å². The number of anilines is 1. The molecule has 154 valence electrons. The van der Waals surface area contributed by atoms with Crippen molar-refractivity contribution in [3.8, 4) is 0 Å². The smallest absolute Gasteiger partial charge is 0.208 e. The highest BCUT2D eigenvalue weighted by atomic mass is 32.2. The molecule has 0 aromatic carbocycles. The summed E-state index contributed by atoms with van der Waals surface area (Å²) < 4.78 is 26.8. The highest BCUT2D eigenvalue weighted by Gasteiger charge is 2.25. The van der Waals surface area contributed by atoms with Gasteiger partial charge < -0.3 is 4.90 Å². The van der Waals surface area contributed by atoms with E-state index in [9.17, 15) is 8.42 Å². The van der Waals surface area contributed by atoms with Gasteiger partial charge in [-0.3, -0.25) is 4.90 Å². The Morgan fingerprint density at radius 2 is 1.89 bits per heavy atom. The first-order valence-corrected chi connectivity index (χ1v) is 13.0. The summed E-state index contributed by atoms with van der Waals surface area (Å²) >= 11 is 1.78. The minimum absolute atomic E-state index is 0.141. The summed E-state index contributed by atoms with van der Waals surface area (Å²) in [5, 5.41) is 3.42. The number of nitrogens with one attached hydrogen (secondary N) is 1. The Kier molecular flexibility index (Phi) is 6.20. The van der Waals surface area contributed by atoms with Crippen molar-refractivity contribution in [3.63, 3.8) is 0 Å². The van der Waals surface area contributed by atoms with E-state index in [1.54, 1.807) is 11.3 Å². The molecule has 1 saturated heterocycles. The van der Waals surface area contributed by atoms with Gasteiger partial charge in [0.05, 0.1) is 6.26 Å². The largest absolute Gasteiger partial charge is 0.354 e. The van der Waals surface area contributed by atoms with Gasteiger partial charge in [-0.1, -0.05) is 0 Å². The summed E-state index contributed by atoms with van der Waals surface area (Å²) in [4.78, 5) is 9.64. The second-order valence-corrected chi connectivity index (χ2v) is 10.9. The number of thiophene rings is 1. The lowest BCUT2D eigenvalue weighted by atomic mass is 9.84. The fourth-order valence-electron chi connectivity index (χ4n) is 4.55. The fraction of sp³-hybridized carbons (Fsp3) is 0.650. The Morgan fingerprint density at radius 3 is 2.61 bits per heavy atom. The van der Waals surface area contributed by atoms with Crippen LogP contribution in [0.25, 0.3) is 10.1 Å². The van der Waals surface area contributed by atoms with Gasteiger partial charge in [0, 0.05) is 48.5 Å². The van der Waals surface area contributed by atoms with Crippen molar-refractivity contribution in [2.75, 3.05) is 43.9 Å². The highest BCUT2D eigenvalue weighted by Crippen LogP contribution is 2.30. The Hall–Kier alpha value is -1.22. The third kappa shape index (κ3) is 5.03. The number of piperazine rings is 1. The molecule has 6 nitrogen and oxygen atoms in total. The van der Waals surface area contributed by atoms with Crippen LogP contribution in [0.3, 0.4) is 0 Å². The summed E-state index contributed by atoms with van der Waals surface area (Å²) in [5.41, 5.74) is 0. The van der Waals surface area contributed by atoms with Gasteiger partial charge in [-0.15, -0.1) is 11.3 Å². The summed E-state index contributed by atoms with van der Waals surface area (Å²) in [7, 11) is -3.08. The number of aromatic nitrogens is 1. The van der Waals surface area contributed by atoms with Gasteiger partial charge in [-0.2, -0.15) is 0 Å². The van der Waals surface area contributed by atoms with Gasteiger partial charge in [-0.25, -0.2) is 18.1 Å². The molecule has 0 radical (unpaired) electrons. The van der Waals surface area contributed by atoms with Gasteiger partial charge in [-0.05, 0) is 62.1 Å². The van der Waals surface area contributed by atoms with Crippen molar-refractivity contribution in [1.29, 1.82) is 0 Å². The molecule has 0 amide bonds. The van der Waals surface area contributed by atoms with E-state index < -0.39 is 10.0 Å². The lowest BCUT2D eigenvalue weighted by Crippen LogP contribution is -2.47. The molecule has 8 heteroatoms. The first-order valence-electron chi connectivity index (χ1n) is 10.2. The van der Waals surface area contributed by atoms with Gasteiger partial charge >= 0.3 is 0 Å². The van der Waals surface area contributed by atoms with Gasteiger partial charge in [0.25, 0.3) is 0 Å². The van der Waals surface area contributed by atoms with E-state index in [1.165, 1.54) is 22.8 Å². The molecule has 0 bridgehead atoms. The van der Waals surface area contributed by atoms with Crippen LogP contribution in [0, 0.1) is 5.92 Å². The Balaban J connectivity index is 1.21. The van der Waals surface area contributed by atoms with Crippen LogP contribution in [0.2, 0.25) is 0 Å². The monoisotopic (exact) mass is 422 g/mol. The molecule has 1 aliphatic heterocycles. The lowest BCUT2D eigenvalue weighted by Gasteiger charge is -2.37. The number of nitrogens with zero attached hydrogens (tertiary/aromatic N) is 3. The van der Waals surface area contributed by atoms with Crippen LogP contribution in [-0.4, -0.2) is 63.3 Å². The Labute approximate surface area is 172 Å². The predicted molar refractivity (Wildman–Crippen MR) is 117 cm³/mol. The SMILES string of the molecule is CS(=O)(=O)N[C@H]1CC[C@H](CCN2CCN(c3nccc4sccc34)CC2)CC1. The normalized spacial score (nSPS) is 24.7. The third-order valence-electron chi connectivity index (χ3n) is 6.11. The van der Waals surface area contributed by atoms with E-state index in [0.717, 1.165) is 70.1 Å². The molecule has 1 saturated carbocycles.